The fourth-order valence-corrected chi connectivity index (χ4v) is 4.70. The third kappa shape index (κ3) is 3.14. The monoisotopic (exact) mass is 441 g/mol. The smallest absolute Gasteiger partial charge is 0.277 e. The molecule has 0 N–H and O–H groups in total. The van der Waals surface area contributed by atoms with Gasteiger partial charge in [-0.3, -0.25) is 15.1 Å². The van der Waals surface area contributed by atoms with Gasteiger partial charge in [0.05, 0.1) is 27.2 Å². The van der Waals surface area contributed by atoms with Gasteiger partial charge in [-0.1, -0.05) is 60.7 Å². The van der Waals surface area contributed by atoms with Crippen molar-refractivity contribution in [3.05, 3.63) is 126 Å². The summed E-state index contributed by atoms with van der Waals surface area (Å²) in [5.74, 6) is 0. The molecule has 0 spiro atoms. The molecule has 0 aliphatic rings. The van der Waals surface area contributed by atoms with E-state index >= 15 is 0 Å². The number of aromatic nitrogens is 2. The lowest BCUT2D eigenvalue weighted by Crippen LogP contribution is -1.95. The summed E-state index contributed by atoms with van der Waals surface area (Å²) >= 11 is 0. The third-order valence-corrected chi connectivity index (χ3v) is 6.16. The fourth-order valence-electron chi connectivity index (χ4n) is 4.70. The Morgan fingerprint density at radius 2 is 1.47 bits per heavy atom. The maximum Gasteiger partial charge on any atom is 0.277 e. The van der Waals surface area contributed by atoms with Gasteiger partial charge in [0.15, 0.2) is 0 Å². The number of nitrogens with zero attached hydrogens (tertiary/aromatic N) is 3. The number of benzene rings is 4. The zero-order valence-electron chi connectivity index (χ0n) is 18.1. The lowest BCUT2D eigenvalue weighted by atomic mass is 9.96. The van der Waals surface area contributed by atoms with E-state index in [0.717, 1.165) is 38.6 Å². The van der Waals surface area contributed by atoms with Crippen molar-refractivity contribution in [3.63, 3.8) is 0 Å². The zero-order valence-corrected chi connectivity index (χ0v) is 18.1. The molecule has 6 aromatic rings. The van der Waals surface area contributed by atoms with Gasteiger partial charge in [0.2, 0.25) is 0 Å². The van der Waals surface area contributed by atoms with Gasteiger partial charge in [0.25, 0.3) is 5.69 Å². The van der Waals surface area contributed by atoms with E-state index < -0.39 is 0 Å². The molecule has 0 saturated carbocycles. The molecule has 0 aliphatic heterocycles. The number of fused-ring (bicyclic) bond motifs is 3. The molecule has 0 amide bonds. The number of pyridine rings is 1. The molecule has 2 aromatic heterocycles. The van der Waals surface area contributed by atoms with Crippen LogP contribution < -0.4 is 0 Å². The lowest BCUT2D eigenvalue weighted by Gasteiger charge is -2.10. The molecule has 0 atom stereocenters. The minimum atomic E-state index is -0.309. The van der Waals surface area contributed by atoms with Gasteiger partial charge < -0.3 is 4.57 Å². The van der Waals surface area contributed by atoms with Gasteiger partial charge in [-0.15, -0.1) is 0 Å². The number of nitro groups is 1. The van der Waals surface area contributed by atoms with E-state index in [-0.39, 0.29) is 10.6 Å². The van der Waals surface area contributed by atoms with Crippen LogP contribution in [0.15, 0.2) is 115 Å². The molecule has 4 aromatic carbocycles. The summed E-state index contributed by atoms with van der Waals surface area (Å²) in [6.45, 7) is 0. The Kier molecular flexibility index (Phi) is 4.66. The average Bonchev–Trinajstić information content (AvgIpc) is 3.24. The Morgan fingerprint density at radius 3 is 2.26 bits per heavy atom. The number of hydrogen-bond acceptors (Lipinski definition) is 3. The number of hydrogen-bond donors (Lipinski definition) is 0. The molecule has 0 unspecified atom stereocenters. The first-order valence-electron chi connectivity index (χ1n) is 11.0. The number of nitro benzene ring substituents is 1. The van der Waals surface area contributed by atoms with E-state index in [4.69, 9.17) is 0 Å². The second kappa shape index (κ2) is 7.98. The van der Waals surface area contributed by atoms with E-state index in [1.807, 2.05) is 72.8 Å². The van der Waals surface area contributed by atoms with E-state index in [0.29, 0.717) is 11.3 Å². The van der Waals surface area contributed by atoms with Crippen LogP contribution in [0.3, 0.4) is 0 Å². The van der Waals surface area contributed by atoms with E-state index in [2.05, 4.69) is 39.9 Å². The largest absolute Gasteiger partial charge is 0.309 e. The highest BCUT2D eigenvalue weighted by atomic mass is 16.6. The van der Waals surface area contributed by atoms with Crippen molar-refractivity contribution >= 4 is 27.5 Å². The molecule has 0 saturated heterocycles. The fraction of sp³-hybridized carbons (Fsp3) is 0. The molecule has 2 heterocycles. The first-order chi connectivity index (χ1) is 16.7. The summed E-state index contributed by atoms with van der Waals surface area (Å²) in [6, 6.07) is 35.3. The summed E-state index contributed by atoms with van der Waals surface area (Å²) in [4.78, 5) is 16.2. The Morgan fingerprint density at radius 1 is 0.706 bits per heavy atom. The van der Waals surface area contributed by atoms with Crippen LogP contribution in [0.2, 0.25) is 0 Å². The maximum atomic E-state index is 12.2. The first kappa shape index (κ1) is 19.9. The first-order valence-corrected chi connectivity index (χ1v) is 11.0. The predicted molar refractivity (Wildman–Crippen MR) is 136 cm³/mol. The minimum Gasteiger partial charge on any atom is -0.309 e. The van der Waals surface area contributed by atoms with Crippen LogP contribution in [0.1, 0.15) is 0 Å². The van der Waals surface area contributed by atoms with Crippen molar-refractivity contribution in [2.45, 2.75) is 0 Å². The quantitative estimate of drug-likeness (QED) is 0.211. The van der Waals surface area contributed by atoms with Gasteiger partial charge in [-0.25, -0.2) is 0 Å². The summed E-state index contributed by atoms with van der Waals surface area (Å²) in [6.07, 6.45) is 1.69. The molecule has 0 radical (unpaired) electrons. The van der Waals surface area contributed by atoms with Gasteiger partial charge in [-0.05, 0) is 48.0 Å². The lowest BCUT2D eigenvalue weighted by molar-refractivity contribution is -0.384. The Labute approximate surface area is 195 Å². The summed E-state index contributed by atoms with van der Waals surface area (Å²) in [5, 5.41) is 14.2. The van der Waals surface area contributed by atoms with Crippen LogP contribution in [0, 0.1) is 10.1 Å². The Balaban J connectivity index is 1.66. The highest BCUT2D eigenvalue weighted by molar-refractivity contribution is 6.16. The molecular formula is C29H19N3O2. The topological polar surface area (TPSA) is 61.0 Å². The molecule has 34 heavy (non-hydrogen) atoms. The highest BCUT2D eigenvalue weighted by Gasteiger charge is 2.22. The van der Waals surface area contributed by atoms with E-state index in [9.17, 15) is 10.1 Å². The van der Waals surface area contributed by atoms with Crippen LogP contribution in [-0.4, -0.2) is 14.5 Å². The van der Waals surface area contributed by atoms with Crippen molar-refractivity contribution in [1.29, 1.82) is 0 Å². The number of rotatable bonds is 4. The van der Waals surface area contributed by atoms with Gasteiger partial charge in [0.1, 0.15) is 0 Å². The molecule has 0 fully saturated rings. The van der Waals surface area contributed by atoms with E-state index in [1.54, 1.807) is 12.3 Å². The van der Waals surface area contributed by atoms with Gasteiger partial charge in [0, 0.05) is 34.3 Å². The number of para-hydroxylation sites is 2. The van der Waals surface area contributed by atoms with Crippen molar-refractivity contribution in [1.82, 2.24) is 9.55 Å². The summed E-state index contributed by atoms with van der Waals surface area (Å²) < 4.78 is 2.21. The third-order valence-electron chi connectivity index (χ3n) is 6.16. The Bertz CT molecular complexity index is 1670. The molecule has 0 aliphatic carbocycles. The van der Waals surface area contributed by atoms with Crippen LogP contribution in [0.25, 0.3) is 49.9 Å². The van der Waals surface area contributed by atoms with Crippen LogP contribution in [0.5, 0.6) is 0 Å². The van der Waals surface area contributed by atoms with Crippen molar-refractivity contribution < 1.29 is 4.92 Å². The standard InChI is InChI=1S/C29H19N3O2/c33-32(34)28-19-20(25-13-6-7-18-30-25)16-17-22(28)23-12-8-15-27-29(23)24-11-4-5-14-26(24)31(27)21-9-2-1-3-10-21/h1-19H. The van der Waals surface area contributed by atoms with Crippen molar-refractivity contribution in [2.75, 3.05) is 0 Å². The van der Waals surface area contributed by atoms with Crippen LogP contribution >= 0.6 is 0 Å². The SMILES string of the molecule is O=[N+]([O-])c1cc(-c2ccccn2)ccc1-c1cccc2c1c1ccccc1n2-c1ccccc1. The molecule has 162 valence electrons. The Hall–Kier alpha value is -4.77. The molecule has 5 nitrogen and oxygen atoms in total. The van der Waals surface area contributed by atoms with Gasteiger partial charge >= 0.3 is 0 Å². The van der Waals surface area contributed by atoms with Gasteiger partial charge in [-0.2, -0.15) is 0 Å². The average molecular weight is 441 g/mol. The summed E-state index contributed by atoms with van der Waals surface area (Å²) in [5.41, 5.74) is 6.02. The molecule has 5 heteroatoms. The molecule has 6 rings (SSSR count). The summed E-state index contributed by atoms with van der Waals surface area (Å²) in [7, 11) is 0. The minimum absolute atomic E-state index is 0.0622. The molecule has 0 bridgehead atoms. The van der Waals surface area contributed by atoms with Crippen LogP contribution in [-0.2, 0) is 0 Å². The second-order valence-electron chi connectivity index (χ2n) is 8.09. The normalized spacial score (nSPS) is 11.2. The van der Waals surface area contributed by atoms with Crippen molar-refractivity contribution in [2.24, 2.45) is 0 Å². The molecular weight excluding hydrogens is 422 g/mol. The van der Waals surface area contributed by atoms with Crippen LogP contribution in [0.4, 0.5) is 5.69 Å². The maximum absolute atomic E-state index is 12.2. The van der Waals surface area contributed by atoms with Crippen molar-refractivity contribution in [3.8, 4) is 28.1 Å². The second-order valence-corrected chi connectivity index (χ2v) is 8.09. The predicted octanol–water partition coefficient (Wildman–Crippen LogP) is 7.42. The van der Waals surface area contributed by atoms with E-state index in [1.165, 1.54) is 0 Å². The highest BCUT2D eigenvalue weighted by Crippen LogP contribution is 2.42. The zero-order chi connectivity index (χ0) is 23.1.